The van der Waals surface area contributed by atoms with Gasteiger partial charge >= 0.3 is 6.18 Å². The average Bonchev–Trinajstić information content (AvgIpc) is 2.47. The standard InChI is InChI=1S/C11H19F3N2O/c1-3-4-5-9-10(17)16(8(2)15-9)7-6-11(12,13)14/h8-9,15H,3-7H2,1-2H3. The number of hydrogen-bond donors (Lipinski definition) is 1. The zero-order valence-corrected chi connectivity index (χ0v) is 10.2. The SMILES string of the molecule is CCCCC1NC(C)N(CCC(F)(F)F)C1=O. The van der Waals surface area contributed by atoms with Gasteiger partial charge in [0.15, 0.2) is 0 Å². The molecule has 2 unspecified atom stereocenters. The molecule has 0 saturated carbocycles. The molecule has 0 bridgehead atoms. The van der Waals surface area contributed by atoms with Gasteiger partial charge in [-0.15, -0.1) is 0 Å². The number of hydrogen-bond acceptors (Lipinski definition) is 2. The minimum Gasteiger partial charge on any atom is -0.326 e. The maximum Gasteiger partial charge on any atom is 0.390 e. The third-order valence-electron chi connectivity index (χ3n) is 2.97. The van der Waals surface area contributed by atoms with Crippen LogP contribution in [0, 0.1) is 0 Å². The highest BCUT2D eigenvalue weighted by molar-refractivity contribution is 5.84. The second-order valence-electron chi connectivity index (χ2n) is 4.43. The molecule has 6 heteroatoms. The number of alkyl halides is 3. The topological polar surface area (TPSA) is 32.3 Å². The maximum absolute atomic E-state index is 12.1. The van der Waals surface area contributed by atoms with Crippen molar-refractivity contribution in [3.05, 3.63) is 0 Å². The fourth-order valence-electron chi connectivity index (χ4n) is 2.01. The molecule has 17 heavy (non-hydrogen) atoms. The lowest BCUT2D eigenvalue weighted by Crippen LogP contribution is -2.37. The van der Waals surface area contributed by atoms with Crippen molar-refractivity contribution < 1.29 is 18.0 Å². The van der Waals surface area contributed by atoms with Crippen molar-refractivity contribution in [1.29, 1.82) is 0 Å². The Bertz CT molecular complexity index is 268. The fraction of sp³-hybridized carbons (Fsp3) is 0.909. The summed E-state index contributed by atoms with van der Waals surface area (Å²) < 4.78 is 36.3. The number of unbranched alkanes of at least 4 members (excludes halogenated alkanes) is 1. The third-order valence-corrected chi connectivity index (χ3v) is 2.97. The first-order valence-corrected chi connectivity index (χ1v) is 5.98. The van der Waals surface area contributed by atoms with Crippen LogP contribution in [0.25, 0.3) is 0 Å². The van der Waals surface area contributed by atoms with E-state index in [2.05, 4.69) is 5.32 Å². The van der Waals surface area contributed by atoms with Crippen LogP contribution in [0.3, 0.4) is 0 Å². The van der Waals surface area contributed by atoms with E-state index >= 15 is 0 Å². The van der Waals surface area contributed by atoms with Gasteiger partial charge in [0, 0.05) is 6.54 Å². The van der Waals surface area contributed by atoms with E-state index < -0.39 is 12.6 Å². The van der Waals surface area contributed by atoms with Gasteiger partial charge in [0.25, 0.3) is 0 Å². The first kappa shape index (κ1) is 14.3. The third kappa shape index (κ3) is 4.18. The number of nitrogens with one attached hydrogen (secondary N) is 1. The summed E-state index contributed by atoms with van der Waals surface area (Å²) in [6, 6.07) is -0.307. The molecule has 0 radical (unpaired) electrons. The van der Waals surface area contributed by atoms with Gasteiger partial charge in [0.1, 0.15) is 0 Å². The van der Waals surface area contributed by atoms with Crippen molar-refractivity contribution in [2.75, 3.05) is 6.54 Å². The van der Waals surface area contributed by atoms with Gasteiger partial charge in [-0.2, -0.15) is 13.2 Å². The van der Waals surface area contributed by atoms with Gasteiger partial charge in [-0.3, -0.25) is 10.1 Å². The molecule has 1 N–H and O–H groups in total. The smallest absolute Gasteiger partial charge is 0.326 e. The maximum atomic E-state index is 12.1. The van der Waals surface area contributed by atoms with E-state index in [1.807, 2.05) is 6.92 Å². The molecule has 1 heterocycles. The predicted octanol–water partition coefficient (Wildman–Crippen LogP) is 2.28. The summed E-state index contributed by atoms with van der Waals surface area (Å²) in [7, 11) is 0. The van der Waals surface area contributed by atoms with Crippen molar-refractivity contribution in [2.45, 2.75) is 57.9 Å². The number of amides is 1. The largest absolute Gasteiger partial charge is 0.390 e. The van der Waals surface area contributed by atoms with Crippen LogP contribution in [0.4, 0.5) is 13.2 Å². The van der Waals surface area contributed by atoms with Gasteiger partial charge < -0.3 is 4.90 Å². The Morgan fingerprint density at radius 3 is 2.59 bits per heavy atom. The van der Waals surface area contributed by atoms with Crippen LogP contribution in [0.1, 0.15) is 39.5 Å². The summed E-state index contributed by atoms with van der Waals surface area (Å²) in [5, 5.41) is 3.03. The van der Waals surface area contributed by atoms with Gasteiger partial charge in [0.05, 0.1) is 18.6 Å². The summed E-state index contributed by atoms with van der Waals surface area (Å²) in [5.74, 6) is -0.199. The van der Waals surface area contributed by atoms with Gasteiger partial charge in [-0.05, 0) is 13.3 Å². The molecule has 0 aromatic heterocycles. The lowest BCUT2D eigenvalue weighted by Gasteiger charge is -2.21. The minimum atomic E-state index is -4.21. The highest BCUT2D eigenvalue weighted by atomic mass is 19.4. The van der Waals surface area contributed by atoms with E-state index in [9.17, 15) is 18.0 Å². The number of rotatable bonds is 5. The quantitative estimate of drug-likeness (QED) is 0.814. The highest BCUT2D eigenvalue weighted by Crippen LogP contribution is 2.22. The van der Waals surface area contributed by atoms with E-state index in [-0.39, 0.29) is 24.7 Å². The van der Waals surface area contributed by atoms with Crippen molar-refractivity contribution >= 4 is 5.91 Å². The summed E-state index contributed by atoms with van der Waals surface area (Å²) in [5.41, 5.74) is 0. The molecular formula is C11H19F3N2O. The zero-order valence-electron chi connectivity index (χ0n) is 10.2. The number of carbonyl (C=O) groups excluding carboxylic acids is 1. The molecule has 1 saturated heterocycles. The van der Waals surface area contributed by atoms with E-state index in [4.69, 9.17) is 0 Å². The van der Waals surface area contributed by atoms with E-state index in [0.717, 1.165) is 12.8 Å². The Morgan fingerprint density at radius 2 is 2.06 bits per heavy atom. The Balaban J connectivity index is 2.48. The number of halogens is 3. The van der Waals surface area contributed by atoms with Gasteiger partial charge in [0.2, 0.25) is 5.91 Å². The molecule has 1 amide bonds. The van der Waals surface area contributed by atoms with Crippen LogP contribution in [0.15, 0.2) is 0 Å². The second kappa shape index (κ2) is 5.71. The molecule has 0 spiro atoms. The molecule has 0 aromatic rings. The van der Waals surface area contributed by atoms with Crippen LogP contribution in [0.2, 0.25) is 0 Å². The molecule has 1 fully saturated rings. The highest BCUT2D eigenvalue weighted by Gasteiger charge is 2.38. The molecule has 3 nitrogen and oxygen atoms in total. The number of carbonyl (C=O) groups is 1. The summed E-state index contributed by atoms with van der Waals surface area (Å²) in [4.78, 5) is 13.1. The first-order valence-electron chi connectivity index (χ1n) is 5.98. The van der Waals surface area contributed by atoms with Gasteiger partial charge in [-0.25, -0.2) is 0 Å². The first-order chi connectivity index (χ1) is 7.85. The minimum absolute atomic E-state index is 0.199. The number of nitrogens with zero attached hydrogens (tertiary/aromatic N) is 1. The van der Waals surface area contributed by atoms with Crippen LogP contribution >= 0.6 is 0 Å². The Hall–Kier alpha value is -0.780. The molecule has 1 aliphatic heterocycles. The van der Waals surface area contributed by atoms with Crippen LogP contribution < -0.4 is 5.32 Å². The Morgan fingerprint density at radius 1 is 1.41 bits per heavy atom. The van der Waals surface area contributed by atoms with Crippen molar-refractivity contribution in [3.63, 3.8) is 0 Å². The van der Waals surface area contributed by atoms with E-state index in [0.29, 0.717) is 6.42 Å². The van der Waals surface area contributed by atoms with Crippen molar-refractivity contribution in [2.24, 2.45) is 0 Å². The lowest BCUT2D eigenvalue weighted by molar-refractivity contribution is -0.144. The monoisotopic (exact) mass is 252 g/mol. The van der Waals surface area contributed by atoms with E-state index in [1.54, 1.807) is 6.92 Å². The predicted molar refractivity (Wildman–Crippen MR) is 58.3 cm³/mol. The molecule has 100 valence electrons. The molecule has 0 aliphatic carbocycles. The van der Waals surface area contributed by atoms with Gasteiger partial charge in [-0.1, -0.05) is 19.8 Å². The average molecular weight is 252 g/mol. The second-order valence-corrected chi connectivity index (χ2v) is 4.43. The van der Waals surface area contributed by atoms with Crippen LogP contribution in [0.5, 0.6) is 0 Å². The van der Waals surface area contributed by atoms with Crippen molar-refractivity contribution in [1.82, 2.24) is 10.2 Å². The van der Waals surface area contributed by atoms with E-state index in [1.165, 1.54) is 4.90 Å². The zero-order chi connectivity index (χ0) is 13.1. The molecule has 1 rings (SSSR count). The normalized spacial score (nSPS) is 25.7. The lowest BCUT2D eigenvalue weighted by atomic mass is 10.1. The molecular weight excluding hydrogens is 233 g/mol. The Kier molecular flexibility index (Phi) is 4.80. The van der Waals surface area contributed by atoms with Crippen LogP contribution in [-0.4, -0.2) is 35.7 Å². The fourth-order valence-corrected chi connectivity index (χ4v) is 2.01. The summed E-state index contributed by atoms with van der Waals surface area (Å²) in [6.07, 6.45) is -2.87. The van der Waals surface area contributed by atoms with Crippen LogP contribution in [-0.2, 0) is 4.79 Å². The molecule has 1 aliphatic rings. The van der Waals surface area contributed by atoms with Crippen molar-refractivity contribution in [3.8, 4) is 0 Å². The molecule has 2 atom stereocenters. The summed E-state index contributed by atoms with van der Waals surface area (Å²) in [6.45, 7) is 3.49. The Labute approximate surface area is 99.4 Å². The summed E-state index contributed by atoms with van der Waals surface area (Å²) >= 11 is 0. The molecule has 0 aromatic carbocycles.